The predicted molar refractivity (Wildman–Crippen MR) is 181 cm³/mol. The van der Waals surface area contributed by atoms with Crippen LogP contribution in [0.5, 0.6) is 0 Å². The van der Waals surface area contributed by atoms with Gasteiger partial charge in [0.25, 0.3) is 0 Å². The summed E-state index contributed by atoms with van der Waals surface area (Å²) in [5.74, 6) is 0.271. The molecule has 47 heavy (non-hydrogen) atoms. The maximum absolute atomic E-state index is 14.3. The second-order valence-corrected chi connectivity index (χ2v) is 12.1. The molecule has 0 aliphatic carbocycles. The second-order valence-electron chi connectivity index (χ2n) is 12.1. The number of aromatic nitrogens is 2. The van der Waals surface area contributed by atoms with Crippen LogP contribution >= 0.6 is 0 Å². The molecule has 246 valence electrons. The van der Waals surface area contributed by atoms with Gasteiger partial charge in [-0.2, -0.15) is 4.98 Å². The van der Waals surface area contributed by atoms with Crippen LogP contribution in [0.25, 0.3) is 0 Å². The van der Waals surface area contributed by atoms with Gasteiger partial charge in [-0.1, -0.05) is 24.8 Å². The normalized spacial score (nSPS) is 17.4. The molecule has 1 aromatic heterocycles. The molecule has 2 fully saturated rings. The Morgan fingerprint density at radius 3 is 2.45 bits per heavy atom. The van der Waals surface area contributed by atoms with E-state index in [1.165, 1.54) is 11.8 Å². The molecule has 0 spiro atoms. The number of benzene rings is 2. The van der Waals surface area contributed by atoms with E-state index in [0.717, 1.165) is 43.0 Å². The third kappa shape index (κ3) is 7.21. The van der Waals surface area contributed by atoms with Gasteiger partial charge in [-0.25, -0.2) is 9.78 Å². The van der Waals surface area contributed by atoms with Gasteiger partial charge in [-0.15, -0.1) is 0 Å². The zero-order chi connectivity index (χ0) is 32.9. The highest BCUT2D eigenvalue weighted by molar-refractivity contribution is 5.99. The summed E-state index contributed by atoms with van der Waals surface area (Å²) in [6.45, 7) is 8.43. The molecule has 4 amide bonds. The number of hydrogen-bond donors (Lipinski definition) is 3. The van der Waals surface area contributed by atoms with Crippen molar-refractivity contribution >= 4 is 46.7 Å². The van der Waals surface area contributed by atoms with E-state index >= 15 is 0 Å². The lowest BCUT2D eigenvalue weighted by Crippen LogP contribution is -2.55. The van der Waals surface area contributed by atoms with Crippen molar-refractivity contribution in [2.75, 3.05) is 73.4 Å². The minimum Gasteiger partial charge on any atom is -0.387 e. The topological polar surface area (TPSA) is 137 Å². The summed E-state index contributed by atoms with van der Waals surface area (Å²) in [7, 11) is 2.14. The van der Waals surface area contributed by atoms with E-state index in [9.17, 15) is 19.5 Å². The maximum atomic E-state index is 14.3. The second kappa shape index (κ2) is 14.2. The summed E-state index contributed by atoms with van der Waals surface area (Å²) in [6.07, 6.45) is 4.04. The first-order valence-electron chi connectivity index (χ1n) is 16.0. The smallest absolute Gasteiger partial charge is 0.326 e. The number of carbonyl (C=O) groups excluding carboxylic acids is 3. The van der Waals surface area contributed by atoms with E-state index in [0.29, 0.717) is 43.4 Å². The van der Waals surface area contributed by atoms with E-state index in [4.69, 9.17) is 4.98 Å². The number of amides is 4. The van der Waals surface area contributed by atoms with Gasteiger partial charge >= 0.3 is 6.03 Å². The fourth-order valence-electron chi connectivity index (χ4n) is 6.34. The Morgan fingerprint density at radius 1 is 1.02 bits per heavy atom. The Labute approximate surface area is 274 Å². The van der Waals surface area contributed by atoms with Crippen molar-refractivity contribution in [3.63, 3.8) is 0 Å². The van der Waals surface area contributed by atoms with E-state index in [1.807, 2.05) is 30.3 Å². The first-order chi connectivity index (χ1) is 22.8. The van der Waals surface area contributed by atoms with Gasteiger partial charge in [0.05, 0.1) is 6.54 Å². The molecule has 3 aliphatic rings. The quantitative estimate of drug-likeness (QED) is 0.302. The third-order valence-corrected chi connectivity index (χ3v) is 9.04. The summed E-state index contributed by atoms with van der Waals surface area (Å²) in [5.41, 5.74) is 4.19. The summed E-state index contributed by atoms with van der Waals surface area (Å²) in [5, 5.41) is 15.5. The zero-order valence-electron chi connectivity index (χ0n) is 26.6. The number of likely N-dealkylation sites (N-methyl/N-ethyl adjacent to an activating group) is 1. The molecule has 2 saturated heterocycles. The molecule has 3 aromatic rings. The van der Waals surface area contributed by atoms with Gasteiger partial charge < -0.3 is 35.3 Å². The Bertz CT molecular complexity index is 1620. The van der Waals surface area contributed by atoms with Crippen LogP contribution in [-0.4, -0.2) is 107 Å². The number of urea groups is 1. The van der Waals surface area contributed by atoms with Crippen molar-refractivity contribution in [3.8, 4) is 0 Å². The molecule has 2 aromatic carbocycles. The zero-order valence-corrected chi connectivity index (χ0v) is 26.6. The lowest BCUT2D eigenvalue weighted by atomic mass is 10.0. The van der Waals surface area contributed by atoms with Crippen LogP contribution in [0.2, 0.25) is 0 Å². The van der Waals surface area contributed by atoms with E-state index in [-0.39, 0.29) is 37.0 Å². The summed E-state index contributed by atoms with van der Waals surface area (Å²) in [4.78, 5) is 57.8. The van der Waals surface area contributed by atoms with Crippen LogP contribution < -0.4 is 20.4 Å². The summed E-state index contributed by atoms with van der Waals surface area (Å²) in [6, 6.07) is 15.1. The maximum Gasteiger partial charge on any atom is 0.326 e. The summed E-state index contributed by atoms with van der Waals surface area (Å²) >= 11 is 0. The molecule has 3 aliphatic heterocycles. The standard InChI is InChI=1S/C34H41N9O4/c1-3-30(45)37-29-7-5-4-6-24(29)21-42-22-25-20-35-33(36-26-8-10-27(11-9-26)40-18-16-39(2)17-19-40)38-32(25)43(34(42)47)28-12-14-41(15-13-28)31(46)23-44/h3-11,20,28,44H,1,12-19,21-23H2,2H3,(H,37,45)(H,35,36,38). The van der Waals surface area contributed by atoms with Crippen LogP contribution in [0.4, 0.5) is 33.6 Å². The molecule has 4 heterocycles. The lowest BCUT2D eigenvalue weighted by Gasteiger charge is -2.43. The van der Waals surface area contributed by atoms with Crippen molar-refractivity contribution in [1.29, 1.82) is 0 Å². The molecular weight excluding hydrogens is 598 g/mol. The largest absolute Gasteiger partial charge is 0.387 e. The Morgan fingerprint density at radius 2 is 1.74 bits per heavy atom. The minimum absolute atomic E-state index is 0.213. The third-order valence-electron chi connectivity index (χ3n) is 9.04. The molecule has 3 N–H and O–H groups in total. The van der Waals surface area contributed by atoms with Crippen molar-refractivity contribution in [2.24, 2.45) is 0 Å². The number of nitrogens with zero attached hydrogens (tertiary/aromatic N) is 7. The number of piperidine rings is 1. The number of hydrogen-bond acceptors (Lipinski definition) is 9. The number of likely N-dealkylation sites (tertiary alicyclic amines) is 1. The highest BCUT2D eigenvalue weighted by atomic mass is 16.3. The molecule has 0 atom stereocenters. The predicted octanol–water partition coefficient (Wildman–Crippen LogP) is 3.02. The monoisotopic (exact) mass is 639 g/mol. The van der Waals surface area contributed by atoms with Gasteiger partial charge in [0.2, 0.25) is 17.8 Å². The highest BCUT2D eigenvalue weighted by Gasteiger charge is 2.39. The van der Waals surface area contributed by atoms with Crippen molar-refractivity contribution < 1.29 is 19.5 Å². The van der Waals surface area contributed by atoms with E-state index in [1.54, 1.807) is 27.0 Å². The van der Waals surface area contributed by atoms with Crippen LogP contribution in [0.3, 0.4) is 0 Å². The molecule has 0 saturated carbocycles. The molecule has 6 rings (SSSR count). The summed E-state index contributed by atoms with van der Waals surface area (Å²) < 4.78 is 0. The number of aliphatic hydroxyl groups is 1. The molecule has 0 unspecified atom stereocenters. The average Bonchev–Trinajstić information content (AvgIpc) is 3.10. The van der Waals surface area contributed by atoms with E-state index in [2.05, 4.69) is 51.2 Å². The Kier molecular flexibility index (Phi) is 9.64. The Balaban J connectivity index is 1.25. The number of fused-ring (bicyclic) bond motifs is 1. The number of para-hydroxylation sites is 1. The van der Waals surface area contributed by atoms with Crippen LogP contribution in [0, 0.1) is 0 Å². The molecule has 13 nitrogen and oxygen atoms in total. The van der Waals surface area contributed by atoms with Crippen LogP contribution in [0.15, 0.2) is 67.4 Å². The van der Waals surface area contributed by atoms with Crippen LogP contribution in [0.1, 0.15) is 24.0 Å². The van der Waals surface area contributed by atoms with E-state index < -0.39 is 6.61 Å². The van der Waals surface area contributed by atoms with Crippen molar-refractivity contribution in [3.05, 3.63) is 78.5 Å². The number of piperazine rings is 1. The van der Waals surface area contributed by atoms with Crippen molar-refractivity contribution in [1.82, 2.24) is 24.7 Å². The minimum atomic E-state index is -0.537. The SMILES string of the molecule is C=CC(=O)Nc1ccccc1CN1Cc2cnc(Nc3ccc(N4CCN(C)CC4)cc3)nc2N(C2CCN(C(=O)CO)CC2)C1=O. The van der Waals surface area contributed by atoms with Gasteiger partial charge in [0.1, 0.15) is 12.4 Å². The molecule has 13 heteroatoms. The highest BCUT2D eigenvalue weighted by Crippen LogP contribution is 2.34. The fourth-order valence-corrected chi connectivity index (χ4v) is 6.34. The average molecular weight is 640 g/mol. The lowest BCUT2D eigenvalue weighted by molar-refractivity contribution is -0.135. The van der Waals surface area contributed by atoms with Gasteiger partial charge in [-0.3, -0.25) is 14.5 Å². The first-order valence-corrected chi connectivity index (χ1v) is 16.0. The number of aliphatic hydroxyl groups excluding tert-OH is 1. The van der Waals surface area contributed by atoms with Gasteiger partial charge in [-0.05, 0) is 61.9 Å². The number of carbonyl (C=O) groups is 3. The van der Waals surface area contributed by atoms with Crippen molar-refractivity contribution in [2.45, 2.75) is 32.0 Å². The van der Waals surface area contributed by atoms with Gasteiger partial charge in [0, 0.05) is 80.7 Å². The fraction of sp³-hybridized carbons (Fsp3) is 0.382. The molecule has 0 bridgehead atoms. The Hall–Kier alpha value is -5.01. The first kappa shape index (κ1) is 32.0. The number of nitrogens with one attached hydrogen (secondary N) is 2. The number of anilines is 5. The molecular formula is C34H41N9O4. The molecule has 0 radical (unpaired) electrons. The number of rotatable bonds is 9. The van der Waals surface area contributed by atoms with Gasteiger partial charge in [0.15, 0.2) is 0 Å². The van der Waals surface area contributed by atoms with Crippen LogP contribution in [-0.2, 0) is 22.7 Å².